The minimum absolute atomic E-state index is 0.0466. The van der Waals surface area contributed by atoms with Crippen LogP contribution in [0.2, 0.25) is 5.02 Å². The molecule has 3 aliphatic rings. The third kappa shape index (κ3) is 3.65. The fourth-order valence-electron chi connectivity index (χ4n) is 4.42. The van der Waals surface area contributed by atoms with Crippen molar-refractivity contribution in [3.05, 3.63) is 46.1 Å². The molecule has 1 unspecified atom stereocenters. The minimum atomic E-state index is -0.651. The third-order valence-corrected chi connectivity index (χ3v) is 6.11. The van der Waals surface area contributed by atoms with Crippen molar-refractivity contribution in [1.29, 1.82) is 0 Å². The van der Waals surface area contributed by atoms with Gasteiger partial charge in [-0.2, -0.15) is 0 Å². The monoisotopic (exact) mass is 401 g/mol. The average Bonchev–Trinajstić information content (AvgIpc) is 3.19. The summed E-state index contributed by atoms with van der Waals surface area (Å²) in [6.07, 6.45) is 3.85. The molecule has 0 spiro atoms. The Hall–Kier alpha value is -1.98. The van der Waals surface area contributed by atoms with E-state index in [2.05, 4.69) is 4.99 Å². The summed E-state index contributed by atoms with van der Waals surface area (Å²) in [5.41, 5.74) is 2.88. The van der Waals surface area contributed by atoms with Gasteiger partial charge in [-0.15, -0.1) is 0 Å². The average molecular weight is 402 g/mol. The molecule has 1 aromatic rings. The molecule has 0 N–H and O–H groups in total. The van der Waals surface area contributed by atoms with Crippen LogP contribution in [0.1, 0.15) is 50.5 Å². The van der Waals surface area contributed by atoms with E-state index < -0.39 is 11.8 Å². The van der Waals surface area contributed by atoms with Crippen LogP contribution in [-0.2, 0) is 19.1 Å². The summed E-state index contributed by atoms with van der Waals surface area (Å²) in [7, 11) is 0. The SMILES string of the molecule is CC1=NC2=C(C(=O)CCC2)[C@H](c2ccccc2Cl)C1C(=O)OC[C@H]1CCCO1. The van der Waals surface area contributed by atoms with Gasteiger partial charge in [-0.05, 0) is 44.2 Å². The van der Waals surface area contributed by atoms with Crippen molar-refractivity contribution < 1.29 is 19.1 Å². The Morgan fingerprint density at radius 2 is 2.11 bits per heavy atom. The number of carbonyl (C=O) groups excluding carboxylic acids is 2. The van der Waals surface area contributed by atoms with Crippen LogP contribution in [0.3, 0.4) is 0 Å². The van der Waals surface area contributed by atoms with E-state index >= 15 is 0 Å². The Bertz CT molecular complexity index is 854. The number of hydrogen-bond acceptors (Lipinski definition) is 5. The maximum Gasteiger partial charge on any atom is 0.315 e. The topological polar surface area (TPSA) is 65.0 Å². The highest BCUT2D eigenvalue weighted by Crippen LogP contribution is 2.45. The Labute approximate surface area is 169 Å². The number of halogens is 1. The molecule has 2 heterocycles. The lowest BCUT2D eigenvalue weighted by Gasteiger charge is -2.35. The van der Waals surface area contributed by atoms with Gasteiger partial charge in [-0.25, -0.2) is 0 Å². The summed E-state index contributed by atoms with van der Waals surface area (Å²) in [4.78, 5) is 30.6. The van der Waals surface area contributed by atoms with Gasteiger partial charge in [-0.1, -0.05) is 29.8 Å². The first-order chi connectivity index (χ1) is 13.6. The van der Waals surface area contributed by atoms with E-state index in [1.54, 1.807) is 6.07 Å². The highest BCUT2D eigenvalue weighted by atomic mass is 35.5. The minimum Gasteiger partial charge on any atom is -0.462 e. The van der Waals surface area contributed by atoms with Gasteiger partial charge in [0.1, 0.15) is 12.5 Å². The Morgan fingerprint density at radius 1 is 1.29 bits per heavy atom. The fraction of sp³-hybridized carbons (Fsp3) is 0.500. The lowest BCUT2D eigenvalue weighted by Crippen LogP contribution is -2.38. The van der Waals surface area contributed by atoms with Gasteiger partial charge in [0.2, 0.25) is 0 Å². The number of Topliss-reactive ketones (excluding diaryl/α,β-unsaturated/α-hetero) is 1. The molecule has 0 amide bonds. The van der Waals surface area contributed by atoms with Gasteiger partial charge in [0.25, 0.3) is 0 Å². The molecule has 2 aliphatic heterocycles. The molecule has 1 aliphatic carbocycles. The predicted molar refractivity (Wildman–Crippen MR) is 107 cm³/mol. The first kappa shape index (κ1) is 19.3. The quantitative estimate of drug-likeness (QED) is 0.707. The molecule has 148 valence electrons. The van der Waals surface area contributed by atoms with E-state index in [1.807, 2.05) is 25.1 Å². The molecular weight excluding hydrogens is 378 g/mol. The summed E-state index contributed by atoms with van der Waals surface area (Å²) in [5, 5.41) is 0.546. The van der Waals surface area contributed by atoms with E-state index in [1.165, 1.54) is 0 Å². The van der Waals surface area contributed by atoms with Crippen molar-refractivity contribution in [2.45, 2.75) is 51.0 Å². The first-order valence-corrected chi connectivity index (χ1v) is 10.3. The number of ether oxygens (including phenoxy) is 2. The molecule has 0 aromatic heterocycles. The van der Waals surface area contributed by atoms with Crippen LogP contribution < -0.4 is 0 Å². The second-order valence-electron chi connectivity index (χ2n) is 7.63. The Morgan fingerprint density at radius 3 is 2.86 bits per heavy atom. The zero-order valence-corrected chi connectivity index (χ0v) is 16.7. The van der Waals surface area contributed by atoms with Gasteiger partial charge in [0, 0.05) is 41.0 Å². The lowest BCUT2D eigenvalue weighted by atomic mass is 9.72. The molecule has 5 nitrogen and oxygen atoms in total. The second kappa shape index (κ2) is 8.18. The molecule has 6 heteroatoms. The highest BCUT2D eigenvalue weighted by Gasteiger charge is 2.44. The van der Waals surface area contributed by atoms with E-state index in [-0.39, 0.29) is 24.5 Å². The largest absolute Gasteiger partial charge is 0.462 e. The van der Waals surface area contributed by atoms with Crippen LogP contribution in [0.15, 0.2) is 40.5 Å². The van der Waals surface area contributed by atoms with Gasteiger partial charge in [-0.3, -0.25) is 14.6 Å². The maximum absolute atomic E-state index is 13.1. The van der Waals surface area contributed by atoms with Crippen LogP contribution in [0.5, 0.6) is 0 Å². The molecule has 0 saturated carbocycles. The zero-order chi connectivity index (χ0) is 19.7. The van der Waals surface area contributed by atoms with Gasteiger partial charge in [0.15, 0.2) is 5.78 Å². The number of benzene rings is 1. The van der Waals surface area contributed by atoms with Crippen LogP contribution in [0.25, 0.3) is 0 Å². The van der Waals surface area contributed by atoms with Gasteiger partial charge < -0.3 is 9.47 Å². The number of carbonyl (C=O) groups is 2. The van der Waals surface area contributed by atoms with Crippen LogP contribution in [0, 0.1) is 5.92 Å². The van der Waals surface area contributed by atoms with Crippen molar-refractivity contribution in [2.75, 3.05) is 13.2 Å². The maximum atomic E-state index is 13.1. The summed E-state index contributed by atoms with van der Waals surface area (Å²) < 4.78 is 11.2. The molecule has 28 heavy (non-hydrogen) atoms. The number of esters is 1. The molecule has 3 atom stereocenters. The number of aliphatic imine (C=N–C) groups is 1. The molecule has 1 fully saturated rings. The molecule has 0 bridgehead atoms. The van der Waals surface area contributed by atoms with Crippen LogP contribution in [-0.4, -0.2) is 36.8 Å². The third-order valence-electron chi connectivity index (χ3n) is 5.76. The van der Waals surface area contributed by atoms with E-state index in [9.17, 15) is 9.59 Å². The van der Waals surface area contributed by atoms with Crippen molar-refractivity contribution in [3.8, 4) is 0 Å². The Kier molecular flexibility index (Phi) is 5.65. The molecule has 0 radical (unpaired) electrons. The smallest absolute Gasteiger partial charge is 0.315 e. The highest BCUT2D eigenvalue weighted by molar-refractivity contribution is 6.31. The summed E-state index contributed by atoms with van der Waals surface area (Å²) >= 11 is 6.49. The van der Waals surface area contributed by atoms with Crippen molar-refractivity contribution >= 4 is 29.1 Å². The van der Waals surface area contributed by atoms with Gasteiger partial charge >= 0.3 is 5.97 Å². The van der Waals surface area contributed by atoms with Crippen molar-refractivity contribution in [3.63, 3.8) is 0 Å². The summed E-state index contributed by atoms with van der Waals surface area (Å²) in [5.74, 6) is -1.42. The Balaban J connectivity index is 1.70. The van der Waals surface area contributed by atoms with Gasteiger partial charge in [0.05, 0.1) is 6.10 Å². The molecule has 1 saturated heterocycles. The molecule has 1 aromatic carbocycles. The normalized spacial score (nSPS) is 27.4. The first-order valence-electron chi connectivity index (χ1n) is 9.90. The van der Waals surface area contributed by atoms with E-state index in [0.29, 0.717) is 29.3 Å². The summed E-state index contributed by atoms with van der Waals surface area (Å²) in [6.45, 7) is 2.78. The summed E-state index contributed by atoms with van der Waals surface area (Å²) in [6, 6.07) is 7.40. The van der Waals surface area contributed by atoms with E-state index in [0.717, 1.165) is 36.9 Å². The number of ketones is 1. The second-order valence-corrected chi connectivity index (χ2v) is 8.04. The zero-order valence-electron chi connectivity index (χ0n) is 15.9. The predicted octanol–water partition coefficient (Wildman–Crippen LogP) is 4.24. The van der Waals surface area contributed by atoms with E-state index in [4.69, 9.17) is 21.1 Å². The lowest BCUT2D eigenvalue weighted by molar-refractivity contribution is -0.149. The fourth-order valence-corrected chi connectivity index (χ4v) is 4.67. The number of hydrogen-bond donors (Lipinski definition) is 0. The van der Waals surface area contributed by atoms with Crippen LogP contribution >= 0.6 is 11.6 Å². The van der Waals surface area contributed by atoms with Crippen molar-refractivity contribution in [2.24, 2.45) is 10.9 Å². The number of nitrogens with zero attached hydrogens (tertiary/aromatic N) is 1. The molecule has 4 rings (SSSR count). The number of rotatable bonds is 4. The number of allylic oxidation sites excluding steroid dienone is 2. The van der Waals surface area contributed by atoms with Crippen molar-refractivity contribution in [1.82, 2.24) is 0 Å². The van der Waals surface area contributed by atoms with Crippen LogP contribution in [0.4, 0.5) is 0 Å². The molecular formula is C22H24ClNO4. The standard InChI is InChI=1S/C22H24ClNO4/c1-13-19(22(26)28-12-14-6-5-11-27-14)20(15-7-2-3-8-16(15)23)21-17(24-13)9-4-10-18(21)25/h2-3,7-8,14,19-20H,4-6,9-12H2,1H3/t14-,19?,20-/m1/s1.